The highest BCUT2D eigenvalue weighted by Crippen LogP contribution is 2.10. The number of aromatic nitrogens is 2. The lowest BCUT2D eigenvalue weighted by Crippen LogP contribution is -2.05. The summed E-state index contributed by atoms with van der Waals surface area (Å²) in [4.78, 5) is 4.35. The van der Waals surface area contributed by atoms with Gasteiger partial charge in [0.25, 0.3) is 0 Å². The van der Waals surface area contributed by atoms with E-state index in [0.717, 1.165) is 36.0 Å². The molecule has 1 aromatic carbocycles. The van der Waals surface area contributed by atoms with Crippen LogP contribution in [0.1, 0.15) is 24.2 Å². The molecule has 0 saturated carbocycles. The third-order valence-corrected chi connectivity index (χ3v) is 3.54. The van der Waals surface area contributed by atoms with Gasteiger partial charge in [-0.15, -0.1) is 0 Å². The van der Waals surface area contributed by atoms with E-state index in [1.807, 2.05) is 0 Å². The molecule has 0 unspecified atom stereocenters. The smallest absolute Gasteiger partial charge is 0.228 e. The molecule has 5 heteroatoms. The van der Waals surface area contributed by atoms with Gasteiger partial charge in [-0.1, -0.05) is 29.8 Å². The van der Waals surface area contributed by atoms with Crippen LogP contribution in [-0.2, 0) is 12.2 Å². The molecule has 1 aromatic heterocycles. The summed E-state index contributed by atoms with van der Waals surface area (Å²) in [5.41, 5.74) is 2.38. The molecule has 102 valence electrons. The normalized spacial score (nSPS) is 10.6. The number of benzene rings is 1. The fraction of sp³-hybridized carbons (Fsp3) is 0.429. The van der Waals surface area contributed by atoms with Crippen LogP contribution >= 0.6 is 11.8 Å². The number of rotatable bonds is 7. The van der Waals surface area contributed by atoms with Gasteiger partial charge in [-0.3, -0.25) is 0 Å². The Morgan fingerprint density at radius 2 is 2.05 bits per heavy atom. The first-order valence-corrected chi connectivity index (χ1v) is 7.63. The number of aryl methyl sites for hydroxylation is 1. The molecule has 2 rings (SSSR count). The minimum Gasteiger partial charge on any atom is -0.385 e. The van der Waals surface area contributed by atoms with Crippen LogP contribution in [0.5, 0.6) is 0 Å². The summed E-state index contributed by atoms with van der Waals surface area (Å²) in [6.07, 6.45) is 0.748. The summed E-state index contributed by atoms with van der Waals surface area (Å²) >= 11 is 1.80. The van der Waals surface area contributed by atoms with E-state index in [4.69, 9.17) is 4.52 Å². The zero-order valence-corrected chi connectivity index (χ0v) is 12.2. The van der Waals surface area contributed by atoms with E-state index in [0.29, 0.717) is 5.89 Å². The molecular weight excluding hydrogens is 258 g/mol. The molecule has 0 amide bonds. The molecule has 0 aliphatic heterocycles. The average molecular weight is 277 g/mol. The highest BCUT2D eigenvalue weighted by molar-refractivity contribution is 7.98. The lowest BCUT2D eigenvalue weighted by molar-refractivity contribution is 0.376. The second-order valence-electron chi connectivity index (χ2n) is 4.28. The first-order chi connectivity index (χ1) is 9.28. The predicted octanol–water partition coefficient (Wildman–Crippen LogP) is 3.29. The zero-order valence-electron chi connectivity index (χ0n) is 11.3. The van der Waals surface area contributed by atoms with Gasteiger partial charge in [0.2, 0.25) is 5.89 Å². The Morgan fingerprint density at radius 3 is 2.79 bits per heavy atom. The van der Waals surface area contributed by atoms with E-state index in [1.54, 1.807) is 11.8 Å². The van der Waals surface area contributed by atoms with Crippen molar-refractivity contribution in [1.82, 2.24) is 10.1 Å². The molecule has 0 aliphatic carbocycles. The fourth-order valence-corrected chi connectivity index (χ4v) is 2.13. The molecule has 0 radical (unpaired) electrons. The van der Waals surface area contributed by atoms with Crippen molar-refractivity contribution in [3.05, 3.63) is 41.5 Å². The predicted molar refractivity (Wildman–Crippen MR) is 79.5 cm³/mol. The first kappa shape index (κ1) is 13.9. The molecule has 0 aliphatic rings. The average Bonchev–Trinajstić information content (AvgIpc) is 2.87. The Morgan fingerprint density at radius 1 is 1.26 bits per heavy atom. The molecule has 0 saturated heterocycles. The summed E-state index contributed by atoms with van der Waals surface area (Å²) in [5.74, 6) is 3.38. The summed E-state index contributed by atoms with van der Waals surface area (Å²) in [6, 6.07) is 8.34. The van der Waals surface area contributed by atoms with Crippen molar-refractivity contribution in [3.8, 4) is 0 Å². The van der Waals surface area contributed by atoms with E-state index < -0.39 is 0 Å². The van der Waals surface area contributed by atoms with E-state index in [-0.39, 0.29) is 0 Å². The third-order valence-electron chi connectivity index (χ3n) is 2.66. The molecule has 1 heterocycles. The number of anilines is 1. The van der Waals surface area contributed by atoms with Crippen LogP contribution in [0.3, 0.4) is 0 Å². The number of nitrogens with zero attached hydrogens (tertiary/aromatic N) is 2. The quantitative estimate of drug-likeness (QED) is 0.841. The van der Waals surface area contributed by atoms with Crippen LogP contribution in [0.15, 0.2) is 28.8 Å². The van der Waals surface area contributed by atoms with Crippen LogP contribution < -0.4 is 5.32 Å². The van der Waals surface area contributed by atoms with Gasteiger partial charge in [0.15, 0.2) is 5.82 Å². The van der Waals surface area contributed by atoms with Crippen molar-refractivity contribution in [1.29, 1.82) is 0 Å². The maximum atomic E-state index is 5.20. The zero-order chi connectivity index (χ0) is 13.5. The molecular formula is C14H19N3OS. The van der Waals surface area contributed by atoms with Gasteiger partial charge in [-0.05, 0) is 24.8 Å². The Bertz CT molecular complexity index is 496. The van der Waals surface area contributed by atoms with E-state index in [9.17, 15) is 0 Å². The van der Waals surface area contributed by atoms with Crippen molar-refractivity contribution >= 4 is 17.4 Å². The number of nitrogens with one attached hydrogen (secondary N) is 1. The van der Waals surface area contributed by atoms with Gasteiger partial charge in [-0.25, -0.2) is 0 Å². The third kappa shape index (κ3) is 4.59. The van der Waals surface area contributed by atoms with Crippen molar-refractivity contribution in [2.75, 3.05) is 17.6 Å². The van der Waals surface area contributed by atoms with Crippen LogP contribution in [0.25, 0.3) is 0 Å². The van der Waals surface area contributed by atoms with E-state index in [2.05, 4.69) is 53.6 Å². The first-order valence-electron chi connectivity index (χ1n) is 6.47. The highest BCUT2D eigenvalue weighted by Gasteiger charge is 2.05. The van der Waals surface area contributed by atoms with Gasteiger partial charge < -0.3 is 9.84 Å². The Labute approximate surface area is 118 Å². The number of thioether (sulfide) groups is 1. The number of hydrogen-bond donors (Lipinski definition) is 1. The topological polar surface area (TPSA) is 51.0 Å². The van der Waals surface area contributed by atoms with Crippen LogP contribution in [0, 0.1) is 6.92 Å². The molecule has 1 N–H and O–H groups in total. The van der Waals surface area contributed by atoms with Gasteiger partial charge in [0.05, 0.1) is 5.75 Å². The molecule has 19 heavy (non-hydrogen) atoms. The van der Waals surface area contributed by atoms with Crippen LogP contribution in [0.4, 0.5) is 5.69 Å². The molecule has 2 aromatic rings. The van der Waals surface area contributed by atoms with Crippen molar-refractivity contribution in [3.63, 3.8) is 0 Å². The van der Waals surface area contributed by atoms with Crippen molar-refractivity contribution in [2.24, 2.45) is 0 Å². The van der Waals surface area contributed by atoms with Gasteiger partial charge in [-0.2, -0.15) is 16.7 Å². The lowest BCUT2D eigenvalue weighted by atomic mass is 10.2. The second-order valence-corrected chi connectivity index (χ2v) is 5.56. The fourth-order valence-electron chi connectivity index (χ4n) is 1.63. The largest absolute Gasteiger partial charge is 0.385 e. The summed E-state index contributed by atoms with van der Waals surface area (Å²) in [5, 5.41) is 7.30. The van der Waals surface area contributed by atoms with E-state index >= 15 is 0 Å². The highest BCUT2D eigenvalue weighted by atomic mass is 32.2. The summed E-state index contributed by atoms with van der Waals surface area (Å²) in [6.45, 7) is 5.00. The summed E-state index contributed by atoms with van der Waals surface area (Å²) in [7, 11) is 0. The van der Waals surface area contributed by atoms with Gasteiger partial charge in [0.1, 0.15) is 0 Å². The molecule has 4 nitrogen and oxygen atoms in total. The Kier molecular flexibility index (Phi) is 5.27. The maximum Gasteiger partial charge on any atom is 0.228 e. The van der Waals surface area contributed by atoms with Crippen LogP contribution in [-0.4, -0.2) is 22.4 Å². The monoisotopic (exact) mass is 277 g/mol. The standard InChI is InChI=1S/C14H19N3OS/c1-3-19-10-13-16-14(18-17-13)8-9-15-12-6-4-11(2)5-7-12/h4-7,15H,3,8-10H2,1-2H3. The minimum absolute atomic E-state index is 0.700. The summed E-state index contributed by atoms with van der Waals surface area (Å²) < 4.78 is 5.20. The molecule has 0 bridgehead atoms. The molecule has 0 fully saturated rings. The van der Waals surface area contributed by atoms with Crippen molar-refractivity contribution in [2.45, 2.75) is 26.0 Å². The SMILES string of the molecule is CCSCc1noc(CCNc2ccc(C)cc2)n1. The minimum atomic E-state index is 0.700. The van der Waals surface area contributed by atoms with Gasteiger partial charge >= 0.3 is 0 Å². The van der Waals surface area contributed by atoms with Gasteiger partial charge in [0, 0.05) is 18.7 Å². The van der Waals surface area contributed by atoms with Crippen molar-refractivity contribution < 1.29 is 4.52 Å². The van der Waals surface area contributed by atoms with E-state index in [1.165, 1.54) is 5.56 Å². The Hall–Kier alpha value is -1.49. The maximum absolute atomic E-state index is 5.20. The molecule has 0 spiro atoms. The second kappa shape index (κ2) is 7.19. The lowest BCUT2D eigenvalue weighted by Gasteiger charge is -2.04. The molecule has 0 atom stereocenters. The van der Waals surface area contributed by atoms with Crippen LogP contribution in [0.2, 0.25) is 0 Å². The Balaban J connectivity index is 1.76. The number of hydrogen-bond acceptors (Lipinski definition) is 5.